The molecule has 0 N–H and O–H groups in total. The summed E-state index contributed by atoms with van der Waals surface area (Å²) < 4.78 is 15.5. The first kappa shape index (κ1) is 30.5. The molecule has 3 nitrogen and oxygen atoms in total. The first-order valence-corrected chi connectivity index (χ1v) is 15.6. The molecule has 4 heteroatoms. The Balaban J connectivity index is 0.000000217. The van der Waals surface area contributed by atoms with Crippen LogP contribution in [0.5, 0.6) is 0 Å². The topological polar surface area (TPSA) is 27.7 Å². The molecule has 0 fully saturated rings. The molecule has 0 aromatic heterocycles. The Morgan fingerprint density at radius 1 is 0.583 bits per heavy atom. The van der Waals surface area contributed by atoms with Crippen LogP contribution < -0.4 is 0 Å². The number of fused-ring (bicyclic) bond motifs is 5. The van der Waals surface area contributed by atoms with Crippen molar-refractivity contribution in [3.63, 3.8) is 0 Å². The van der Waals surface area contributed by atoms with Crippen LogP contribution in [0.2, 0.25) is 0 Å². The summed E-state index contributed by atoms with van der Waals surface area (Å²) in [6, 6.07) is 18.0. The van der Waals surface area contributed by atoms with Crippen molar-refractivity contribution in [2.75, 3.05) is 19.8 Å². The molecule has 1 radical (unpaired) electrons. The van der Waals surface area contributed by atoms with E-state index in [1.807, 2.05) is 20.8 Å². The highest BCUT2D eigenvalue weighted by molar-refractivity contribution is 6.36. The number of hydrogen-bond donors (Lipinski definition) is 0. The summed E-state index contributed by atoms with van der Waals surface area (Å²) in [6.45, 7) is 12.3. The number of unbranched alkanes of at least 4 members (excludes halogenated alkanes) is 5. The third kappa shape index (κ3) is 9.97. The van der Waals surface area contributed by atoms with Crippen LogP contribution in [-0.4, -0.2) is 29.3 Å². The van der Waals surface area contributed by atoms with Crippen molar-refractivity contribution in [3.05, 3.63) is 59.7 Å². The predicted molar refractivity (Wildman–Crippen MR) is 158 cm³/mol. The summed E-state index contributed by atoms with van der Waals surface area (Å²) in [6.07, 6.45) is 13.7. The van der Waals surface area contributed by atoms with E-state index in [0.717, 1.165) is 0 Å². The Morgan fingerprint density at radius 3 is 1.78 bits per heavy atom. The third-order valence-corrected chi connectivity index (χ3v) is 8.07. The number of aryl methyl sites for hydroxylation is 2. The lowest BCUT2D eigenvalue weighted by atomic mass is 9.86. The minimum absolute atomic E-state index is 0.661. The number of benzene rings is 3. The molecule has 0 spiro atoms. The number of hydrogen-bond acceptors (Lipinski definition) is 3. The highest BCUT2D eigenvalue weighted by atomic mass is 28.3. The fraction of sp³-hybridized carbons (Fsp3) is 0.562. The summed E-state index contributed by atoms with van der Waals surface area (Å²) in [7, 11) is -1.40. The Labute approximate surface area is 222 Å². The zero-order valence-electron chi connectivity index (χ0n) is 23.5. The zero-order chi connectivity index (χ0) is 26.0. The van der Waals surface area contributed by atoms with E-state index in [-0.39, 0.29) is 0 Å². The minimum atomic E-state index is -1.40. The van der Waals surface area contributed by atoms with Gasteiger partial charge in [0.2, 0.25) is 0 Å². The van der Waals surface area contributed by atoms with Crippen LogP contribution in [0.25, 0.3) is 21.5 Å². The summed E-state index contributed by atoms with van der Waals surface area (Å²) in [4.78, 5) is 0. The van der Waals surface area contributed by atoms with Gasteiger partial charge in [-0.05, 0) is 79.1 Å². The molecule has 3 aromatic rings. The van der Waals surface area contributed by atoms with Gasteiger partial charge in [-0.25, -0.2) is 0 Å². The monoisotopic (exact) mass is 509 g/mol. The smallest absolute Gasteiger partial charge is 0.371 e. The molecule has 1 aliphatic carbocycles. The normalized spacial score (nSPS) is 12.6. The molecule has 0 bridgehead atoms. The van der Waals surface area contributed by atoms with Crippen molar-refractivity contribution >= 4 is 31.1 Å². The van der Waals surface area contributed by atoms with Gasteiger partial charge in [0.1, 0.15) is 0 Å². The van der Waals surface area contributed by atoms with E-state index in [1.165, 1.54) is 85.8 Å². The quantitative estimate of drug-likeness (QED) is 0.146. The Bertz CT molecular complexity index is 967. The molecular weight excluding hydrogens is 460 g/mol. The molecule has 199 valence electrons. The lowest BCUT2D eigenvalue weighted by molar-refractivity contribution is 0.107. The lowest BCUT2D eigenvalue weighted by Gasteiger charge is -2.18. The molecule has 1 aliphatic rings. The van der Waals surface area contributed by atoms with E-state index >= 15 is 0 Å². The second-order valence-corrected chi connectivity index (χ2v) is 10.6. The Hall–Kier alpha value is -1.72. The Kier molecular flexibility index (Phi) is 15.7. The van der Waals surface area contributed by atoms with Crippen molar-refractivity contribution in [2.24, 2.45) is 0 Å². The van der Waals surface area contributed by atoms with Gasteiger partial charge in [-0.15, -0.1) is 0 Å². The van der Waals surface area contributed by atoms with Gasteiger partial charge in [-0.1, -0.05) is 101 Å². The molecule has 0 heterocycles. The van der Waals surface area contributed by atoms with Gasteiger partial charge < -0.3 is 13.3 Å². The van der Waals surface area contributed by atoms with Crippen LogP contribution in [0.4, 0.5) is 0 Å². The second kappa shape index (κ2) is 18.5. The van der Waals surface area contributed by atoms with Gasteiger partial charge in [-0.3, -0.25) is 0 Å². The van der Waals surface area contributed by atoms with E-state index in [1.54, 1.807) is 11.1 Å². The van der Waals surface area contributed by atoms with Gasteiger partial charge in [0.05, 0.1) is 0 Å². The van der Waals surface area contributed by atoms with Gasteiger partial charge in [0, 0.05) is 19.8 Å². The van der Waals surface area contributed by atoms with Crippen molar-refractivity contribution in [1.82, 2.24) is 0 Å². The van der Waals surface area contributed by atoms with Crippen LogP contribution in [-0.2, 0) is 26.1 Å². The first-order chi connectivity index (χ1) is 17.7. The van der Waals surface area contributed by atoms with Crippen molar-refractivity contribution in [3.8, 4) is 0 Å². The predicted octanol–water partition coefficient (Wildman–Crippen LogP) is 9.32. The van der Waals surface area contributed by atoms with E-state index < -0.39 is 9.53 Å². The molecule has 0 unspecified atom stereocenters. The fourth-order valence-corrected chi connectivity index (χ4v) is 5.63. The number of rotatable bonds is 11. The summed E-state index contributed by atoms with van der Waals surface area (Å²) >= 11 is 0. The molecule has 0 saturated heterocycles. The zero-order valence-corrected chi connectivity index (χ0v) is 24.5. The highest BCUT2D eigenvalue weighted by Crippen LogP contribution is 2.33. The molecular formula is C32H49O3Si. The van der Waals surface area contributed by atoms with E-state index in [2.05, 4.69) is 62.4 Å². The van der Waals surface area contributed by atoms with E-state index in [4.69, 9.17) is 13.3 Å². The minimum Gasteiger partial charge on any atom is -0.371 e. The molecule has 4 rings (SSSR count). The van der Waals surface area contributed by atoms with Crippen LogP contribution in [0.15, 0.2) is 48.5 Å². The standard InChI is InChI=1S/C18H16.C8H18.C6H15O3Si/c1-3-7-15-13(5-1)9-11-18-16-8-4-2-6-14(16)10-12-17(15)18;1-3-5-7-8-6-4-2;1-4-7-10(8-5-2)9-6-3/h1,3,5,7,9-12H,2,4,6,8H2;3-8H2,1-2H3;4-6H2,1-3H3. The van der Waals surface area contributed by atoms with E-state index in [9.17, 15) is 0 Å². The molecule has 0 aliphatic heterocycles. The lowest BCUT2D eigenvalue weighted by Crippen LogP contribution is -2.27. The van der Waals surface area contributed by atoms with Gasteiger partial charge >= 0.3 is 9.53 Å². The van der Waals surface area contributed by atoms with Crippen molar-refractivity contribution < 1.29 is 13.3 Å². The average Bonchev–Trinajstić information content (AvgIpc) is 2.92. The SMILES string of the molecule is CCCCCCCC.CCO[Si](OCC)OCC.c1ccc2c(c1)ccc1c3c(ccc12)CCCC3. The first-order valence-electron chi connectivity index (χ1n) is 14.4. The maximum absolute atomic E-state index is 5.18. The van der Waals surface area contributed by atoms with Crippen LogP contribution in [0.3, 0.4) is 0 Å². The summed E-state index contributed by atoms with van der Waals surface area (Å²) in [5.41, 5.74) is 3.17. The molecule has 36 heavy (non-hydrogen) atoms. The maximum atomic E-state index is 5.18. The molecule has 0 saturated carbocycles. The molecule has 0 amide bonds. The van der Waals surface area contributed by atoms with Crippen molar-refractivity contribution in [1.29, 1.82) is 0 Å². The third-order valence-electron chi connectivity index (χ3n) is 6.50. The summed E-state index contributed by atoms with van der Waals surface area (Å²) in [5.74, 6) is 0. The average molecular weight is 510 g/mol. The highest BCUT2D eigenvalue weighted by Gasteiger charge is 2.15. The van der Waals surface area contributed by atoms with Gasteiger partial charge in [-0.2, -0.15) is 0 Å². The summed E-state index contributed by atoms with van der Waals surface area (Å²) in [5, 5.41) is 5.64. The largest absolute Gasteiger partial charge is 0.577 e. The van der Waals surface area contributed by atoms with Crippen LogP contribution in [0, 0.1) is 0 Å². The van der Waals surface area contributed by atoms with Crippen LogP contribution >= 0.6 is 0 Å². The molecule has 0 atom stereocenters. The van der Waals surface area contributed by atoms with Gasteiger partial charge in [0.25, 0.3) is 0 Å². The maximum Gasteiger partial charge on any atom is 0.577 e. The van der Waals surface area contributed by atoms with E-state index in [0.29, 0.717) is 19.8 Å². The second-order valence-electron chi connectivity index (χ2n) is 9.26. The van der Waals surface area contributed by atoms with Crippen molar-refractivity contribution in [2.45, 2.75) is 98.8 Å². The Morgan fingerprint density at radius 2 is 1.17 bits per heavy atom. The molecule has 3 aromatic carbocycles. The van der Waals surface area contributed by atoms with Crippen LogP contribution in [0.1, 0.15) is 97.1 Å². The van der Waals surface area contributed by atoms with Gasteiger partial charge in [0.15, 0.2) is 0 Å². The fourth-order valence-electron chi connectivity index (χ4n) is 4.67.